The van der Waals surface area contributed by atoms with Crippen LogP contribution in [0.4, 0.5) is 5.69 Å². The van der Waals surface area contributed by atoms with Crippen LogP contribution in [0.25, 0.3) is 0 Å². The number of hydrogen-bond acceptors (Lipinski definition) is 2. The van der Waals surface area contributed by atoms with Crippen molar-refractivity contribution in [3.8, 4) is 0 Å². The molecule has 18 heavy (non-hydrogen) atoms. The molecular formula is C15H16N2O. The second-order valence-electron chi connectivity index (χ2n) is 4.44. The second kappa shape index (κ2) is 5.00. The van der Waals surface area contributed by atoms with Crippen LogP contribution in [0.1, 0.15) is 27.2 Å². The summed E-state index contributed by atoms with van der Waals surface area (Å²) in [5.74, 6) is -0.170. The van der Waals surface area contributed by atoms with E-state index in [0.717, 1.165) is 22.4 Å². The topological polar surface area (TPSA) is 42.0 Å². The quantitative estimate of drug-likeness (QED) is 0.875. The Labute approximate surface area is 107 Å². The lowest BCUT2D eigenvalue weighted by atomic mass is 10.1. The van der Waals surface area contributed by atoms with E-state index >= 15 is 0 Å². The molecule has 0 unspecified atom stereocenters. The summed E-state index contributed by atoms with van der Waals surface area (Å²) in [4.78, 5) is 16.2. The molecule has 0 radical (unpaired) electrons. The number of anilines is 1. The van der Waals surface area contributed by atoms with Crippen LogP contribution in [0.2, 0.25) is 0 Å². The second-order valence-corrected chi connectivity index (χ2v) is 4.44. The maximum Gasteiger partial charge on any atom is 0.274 e. The first kappa shape index (κ1) is 12.3. The molecule has 0 saturated heterocycles. The highest BCUT2D eigenvalue weighted by atomic mass is 16.1. The summed E-state index contributed by atoms with van der Waals surface area (Å²) in [6, 6.07) is 9.59. The largest absolute Gasteiger partial charge is 0.320 e. The van der Waals surface area contributed by atoms with E-state index in [1.807, 2.05) is 45.0 Å². The number of amides is 1. The van der Waals surface area contributed by atoms with Gasteiger partial charge in [0.15, 0.2) is 0 Å². The third-order valence-corrected chi connectivity index (χ3v) is 2.87. The van der Waals surface area contributed by atoms with Crippen molar-refractivity contribution in [1.82, 2.24) is 4.98 Å². The minimum atomic E-state index is -0.170. The monoisotopic (exact) mass is 240 g/mol. The third-order valence-electron chi connectivity index (χ3n) is 2.87. The van der Waals surface area contributed by atoms with Crippen LogP contribution in [0, 0.1) is 20.8 Å². The van der Waals surface area contributed by atoms with Gasteiger partial charge < -0.3 is 5.32 Å². The highest BCUT2D eigenvalue weighted by Gasteiger charge is 2.10. The van der Waals surface area contributed by atoms with Gasteiger partial charge in [0.2, 0.25) is 0 Å². The molecule has 0 fully saturated rings. The molecule has 2 aromatic rings. The highest BCUT2D eigenvalue weighted by molar-refractivity contribution is 6.03. The average molecular weight is 240 g/mol. The first-order valence-corrected chi connectivity index (χ1v) is 5.88. The molecule has 1 heterocycles. The van der Waals surface area contributed by atoms with Crippen molar-refractivity contribution < 1.29 is 4.79 Å². The van der Waals surface area contributed by atoms with Crippen LogP contribution in [0.3, 0.4) is 0 Å². The summed E-state index contributed by atoms with van der Waals surface area (Å²) in [7, 11) is 0. The molecule has 1 aromatic carbocycles. The summed E-state index contributed by atoms with van der Waals surface area (Å²) < 4.78 is 0. The van der Waals surface area contributed by atoms with Crippen molar-refractivity contribution in [2.24, 2.45) is 0 Å². The van der Waals surface area contributed by atoms with E-state index in [-0.39, 0.29) is 5.91 Å². The molecular weight excluding hydrogens is 224 g/mol. The molecule has 92 valence electrons. The lowest BCUT2D eigenvalue weighted by Gasteiger charge is -2.11. The van der Waals surface area contributed by atoms with Gasteiger partial charge in [-0.25, -0.2) is 0 Å². The van der Waals surface area contributed by atoms with E-state index < -0.39 is 0 Å². The van der Waals surface area contributed by atoms with E-state index in [4.69, 9.17) is 0 Å². The summed E-state index contributed by atoms with van der Waals surface area (Å²) in [5.41, 5.74) is 4.44. The standard InChI is InChI=1S/C15H16N2O/c1-10-7-8-16-13(9-10)15(18)17-14-11(2)5-4-6-12(14)3/h4-9H,1-3H3,(H,17,18). The fraction of sp³-hybridized carbons (Fsp3) is 0.200. The number of rotatable bonds is 2. The summed E-state index contributed by atoms with van der Waals surface area (Å²) in [6.07, 6.45) is 1.65. The van der Waals surface area contributed by atoms with Gasteiger partial charge in [-0.05, 0) is 49.6 Å². The first-order chi connectivity index (χ1) is 8.58. The maximum absolute atomic E-state index is 12.1. The smallest absolute Gasteiger partial charge is 0.274 e. The number of carbonyl (C=O) groups excluding carboxylic acids is 1. The fourth-order valence-electron chi connectivity index (χ4n) is 1.85. The number of aryl methyl sites for hydroxylation is 3. The molecule has 0 spiro atoms. The van der Waals surface area contributed by atoms with Crippen molar-refractivity contribution in [1.29, 1.82) is 0 Å². The molecule has 0 aliphatic carbocycles. The number of nitrogens with zero attached hydrogens (tertiary/aromatic N) is 1. The zero-order valence-electron chi connectivity index (χ0n) is 10.8. The number of carbonyl (C=O) groups is 1. The van der Waals surface area contributed by atoms with Gasteiger partial charge in [-0.2, -0.15) is 0 Å². The number of hydrogen-bond donors (Lipinski definition) is 1. The molecule has 1 N–H and O–H groups in total. The van der Waals surface area contributed by atoms with Gasteiger partial charge in [-0.1, -0.05) is 18.2 Å². The van der Waals surface area contributed by atoms with Crippen LogP contribution < -0.4 is 5.32 Å². The van der Waals surface area contributed by atoms with E-state index in [9.17, 15) is 4.79 Å². The van der Waals surface area contributed by atoms with Gasteiger partial charge in [-0.3, -0.25) is 9.78 Å². The number of nitrogens with one attached hydrogen (secondary N) is 1. The Morgan fingerprint density at radius 2 is 1.78 bits per heavy atom. The highest BCUT2D eigenvalue weighted by Crippen LogP contribution is 2.20. The summed E-state index contributed by atoms with van der Waals surface area (Å²) >= 11 is 0. The minimum absolute atomic E-state index is 0.170. The van der Waals surface area contributed by atoms with Crippen molar-refractivity contribution in [2.75, 3.05) is 5.32 Å². The summed E-state index contributed by atoms with van der Waals surface area (Å²) in [5, 5.41) is 2.92. The van der Waals surface area contributed by atoms with Gasteiger partial charge in [0.05, 0.1) is 0 Å². The zero-order valence-corrected chi connectivity index (χ0v) is 10.8. The molecule has 1 amide bonds. The van der Waals surface area contributed by atoms with E-state index in [1.165, 1.54) is 0 Å². The van der Waals surface area contributed by atoms with Gasteiger partial charge in [0, 0.05) is 11.9 Å². The Kier molecular flexibility index (Phi) is 3.42. The minimum Gasteiger partial charge on any atom is -0.320 e. The zero-order chi connectivity index (χ0) is 13.1. The lowest BCUT2D eigenvalue weighted by molar-refractivity contribution is 0.102. The van der Waals surface area contributed by atoms with Crippen LogP contribution in [-0.4, -0.2) is 10.9 Å². The Morgan fingerprint density at radius 3 is 2.39 bits per heavy atom. The van der Waals surface area contributed by atoms with Crippen LogP contribution in [0.5, 0.6) is 0 Å². The van der Waals surface area contributed by atoms with E-state index in [2.05, 4.69) is 10.3 Å². The molecule has 0 atom stereocenters. The normalized spacial score (nSPS) is 10.2. The Hall–Kier alpha value is -2.16. The van der Waals surface area contributed by atoms with Gasteiger partial charge in [0.25, 0.3) is 5.91 Å². The summed E-state index contributed by atoms with van der Waals surface area (Å²) in [6.45, 7) is 5.90. The van der Waals surface area contributed by atoms with Crippen LogP contribution in [-0.2, 0) is 0 Å². The maximum atomic E-state index is 12.1. The van der Waals surface area contributed by atoms with E-state index in [1.54, 1.807) is 12.3 Å². The van der Waals surface area contributed by atoms with E-state index in [0.29, 0.717) is 5.69 Å². The molecule has 0 aliphatic rings. The fourth-order valence-corrected chi connectivity index (χ4v) is 1.85. The average Bonchev–Trinajstić information content (AvgIpc) is 2.34. The molecule has 0 bridgehead atoms. The SMILES string of the molecule is Cc1ccnc(C(=O)Nc2c(C)cccc2C)c1. The molecule has 3 heteroatoms. The van der Waals surface area contributed by atoms with Gasteiger partial charge in [-0.15, -0.1) is 0 Å². The third kappa shape index (κ3) is 2.56. The number of para-hydroxylation sites is 1. The van der Waals surface area contributed by atoms with Gasteiger partial charge in [0.1, 0.15) is 5.69 Å². The molecule has 0 aliphatic heterocycles. The predicted molar refractivity (Wildman–Crippen MR) is 72.8 cm³/mol. The van der Waals surface area contributed by atoms with Gasteiger partial charge >= 0.3 is 0 Å². The molecule has 0 saturated carbocycles. The number of benzene rings is 1. The van der Waals surface area contributed by atoms with Crippen molar-refractivity contribution in [3.05, 3.63) is 58.9 Å². The molecule has 2 rings (SSSR count). The van der Waals surface area contributed by atoms with Crippen LogP contribution in [0.15, 0.2) is 36.5 Å². The van der Waals surface area contributed by atoms with Crippen molar-refractivity contribution >= 4 is 11.6 Å². The van der Waals surface area contributed by atoms with Crippen molar-refractivity contribution in [2.45, 2.75) is 20.8 Å². The number of pyridine rings is 1. The first-order valence-electron chi connectivity index (χ1n) is 5.88. The lowest BCUT2D eigenvalue weighted by Crippen LogP contribution is -2.15. The number of aromatic nitrogens is 1. The Balaban J connectivity index is 2.27. The van der Waals surface area contributed by atoms with Crippen LogP contribution >= 0.6 is 0 Å². The Morgan fingerprint density at radius 1 is 1.11 bits per heavy atom. The molecule has 1 aromatic heterocycles. The predicted octanol–water partition coefficient (Wildman–Crippen LogP) is 3.26. The van der Waals surface area contributed by atoms with Crippen molar-refractivity contribution in [3.63, 3.8) is 0 Å². The molecule has 3 nitrogen and oxygen atoms in total. The Bertz CT molecular complexity index is 571.